The van der Waals surface area contributed by atoms with Gasteiger partial charge < -0.3 is 24.4 Å². The van der Waals surface area contributed by atoms with Gasteiger partial charge in [-0.3, -0.25) is 0 Å². The van der Waals surface area contributed by atoms with Crippen molar-refractivity contribution >= 4 is 16.9 Å². The molecule has 45 heavy (non-hydrogen) atoms. The van der Waals surface area contributed by atoms with E-state index < -0.39 is 28.7 Å². The fourth-order valence-electron chi connectivity index (χ4n) is 7.66. The molecule has 3 aromatic rings. The van der Waals surface area contributed by atoms with Crippen LogP contribution in [-0.4, -0.2) is 59.9 Å². The zero-order chi connectivity index (χ0) is 31.7. The second-order valence-corrected chi connectivity index (χ2v) is 15.2. The number of aliphatic hydroxyl groups is 2. The lowest BCUT2D eigenvalue weighted by Crippen LogP contribution is -2.69. The third kappa shape index (κ3) is 6.43. The van der Waals surface area contributed by atoms with Gasteiger partial charge in [-0.1, -0.05) is 54.6 Å². The molecule has 9 heteroatoms. The quantitative estimate of drug-likeness (QED) is 0.235. The molecule has 1 spiro atoms. The van der Waals surface area contributed by atoms with Crippen molar-refractivity contribution < 1.29 is 38.0 Å². The second-order valence-electron chi connectivity index (χ2n) is 13.2. The van der Waals surface area contributed by atoms with Crippen molar-refractivity contribution in [2.24, 2.45) is 23.2 Å². The molecule has 2 atom stereocenters. The molecule has 3 aromatic carbocycles. The monoisotopic (exact) mass is 639 g/mol. The topological polar surface area (TPSA) is 85.2 Å². The number of aliphatic hydroxyl groups excluding tert-OH is 2. The van der Waals surface area contributed by atoms with Crippen LogP contribution in [0.2, 0.25) is 0 Å². The number of carbonyl (C=O) groups is 1. The van der Waals surface area contributed by atoms with Crippen LogP contribution in [-0.2, 0) is 29.9 Å². The van der Waals surface area contributed by atoms with Crippen LogP contribution in [0.4, 0.5) is 8.78 Å². The van der Waals surface area contributed by atoms with Crippen molar-refractivity contribution in [3.8, 4) is 0 Å². The molecule has 6 nitrogen and oxygen atoms in total. The summed E-state index contributed by atoms with van der Waals surface area (Å²) >= 11 is 0. The average molecular weight is 640 g/mol. The molecular formula is C36H41F2O6S+. The Morgan fingerprint density at radius 1 is 0.800 bits per heavy atom. The number of hydrogen-bond donors (Lipinski definition) is 2. The summed E-state index contributed by atoms with van der Waals surface area (Å²) in [6, 6.07) is 32.2. The van der Waals surface area contributed by atoms with Crippen LogP contribution in [0.25, 0.3) is 0 Å². The van der Waals surface area contributed by atoms with Crippen LogP contribution in [0.3, 0.4) is 0 Å². The number of rotatable bonds is 7. The van der Waals surface area contributed by atoms with E-state index in [1.807, 2.05) is 0 Å². The maximum absolute atomic E-state index is 13.3. The highest BCUT2D eigenvalue weighted by molar-refractivity contribution is 7.97. The molecule has 4 aliphatic carbocycles. The standard InChI is InChI=1S/C18H26F2O6.C18H15S/c1-15(19,20)14(23)26-17-4-11-2-12(5-17)18(13(3-11)6-17)24-9-16(7-21,8-22)10-25-18;1-4-10-16(11-5-1)19(17-12-6-2-7-13-17)18-14-8-3-9-15-18/h11-13,21-22H,2-10H2,1H3;1-15H/q;+1. The summed E-state index contributed by atoms with van der Waals surface area (Å²) in [6.07, 6.45) is 3.22. The molecule has 2 unspecified atom stereocenters. The summed E-state index contributed by atoms with van der Waals surface area (Å²) in [5.74, 6) is -5.55. The lowest BCUT2D eigenvalue weighted by Gasteiger charge is -2.65. The number of carbonyl (C=O) groups excluding carboxylic acids is 1. The van der Waals surface area contributed by atoms with E-state index in [1.54, 1.807) is 0 Å². The van der Waals surface area contributed by atoms with E-state index in [1.165, 1.54) is 14.7 Å². The fourth-order valence-corrected chi connectivity index (χ4v) is 9.77. The first-order chi connectivity index (χ1) is 21.6. The molecule has 5 fully saturated rings. The minimum Gasteiger partial charge on any atom is -0.455 e. The number of alkyl halides is 2. The lowest BCUT2D eigenvalue weighted by molar-refractivity contribution is -0.397. The Morgan fingerprint density at radius 2 is 1.22 bits per heavy atom. The lowest BCUT2D eigenvalue weighted by atomic mass is 9.51. The van der Waals surface area contributed by atoms with Gasteiger partial charge in [-0.15, -0.1) is 0 Å². The van der Waals surface area contributed by atoms with Crippen LogP contribution >= 0.6 is 0 Å². The molecule has 8 rings (SSSR count). The molecule has 4 bridgehead atoms. The minimum atomic E-state index is -3.50. The average Bonchev–Trinajstić information content (AvgIpc) is 3.05. The normalized spacial score (nSPS) is 27.6. The van der Waals surface area contributed by atoms with Crippen LogP contribution in [0.1, 0.15) is 39.0 Å². The van der Waals surface area contributed by atoms with Gasteiger partial charge in [0.1, 0.15) is 5.60 Å². The van der Waals surface area contributed by atoms with Crippen molar-refractivity contribution in [3.05, 3.63) is 91.0 Å². The highest BCUT2D eigenvalue weighted by atomic mass is 32.2. The molecule has 1 saturated heterocycles. The summed E-state index contributed by atoms with van der Waals surface area (Å²) in [5, 5.41) is 19.1. The second kappa shape index (κ2) is 12.8. The minimum absolute atomic E-state index is 0.0146. The smallest absolute Gasteiger partial charge is 0.377 e. The van der Waals surface area contributed by atoms with E-state index in [4.69, 9.17) is 14.2 Å². The van der Waals surface area contributed by atoms with E-state index >= 15 is 0 Å². The van der Waals surface area contributed by atoms with Crippen molar-refractivity contribution in [1.29, 1.82) is 0 Å². The van der Waals surface area contributed by atoms with Crippen LogP contribution in [0.15, 0.2) is 106 Å². The van der Waals surface area contributed by atoms with Gasteiger partial charge in [-0.2, -0.15) is 8.78 Å². The Hall–Kier alpha value is -2.82. The molecule has 0 radical (unpaired) electrons. The van der Waals surface area contributed by atoms with Crippen molar-refractivity contribution in [2.75, 3.05) is 26.4 Å². The van der Waals surface area contributed by atoms with E-state index in [2.05, 4.69) is 91.0 Å². The zero-order valence-electron chi connectivity index (χ0n) is 25.4. The SMILES string of the molecule is CC(F)(F)C(=O)OC12CC3CC(C1)C1(OCC(CO)(CO)CO1)C(C3)C2.c1ccc([S+](c2ccccc2)c2ccccc2)cc1. The van der Waals surface area contributed by atoms with Crippen LogP contribution < -0.4 is 0 Å². The Labute approximate surface area is 266 Å². The molecule has 0 amide bonds. The van der Waals surface area contributed by atoms with Gasteiger partial charge in [0.25, 0.3) is 0 Å². The van der Waals surface area contributed by atoms with Crippen LogP contribution in [0.5, 0.6) is 0 Å². The first-order valence-electron chi connectivity index (χ1n) is 15.6. The third-order valence-electron chi connectivity index (χ3n) is 9.75. The molecule has 1 aliphatic heterocycles. The predicted octanol–water partition coefficient (Wildman–Crippen LogP) is 6.26. The highest BCUT2D eigenvalue weighted by Gasteiger charge is 2.67. The molecule has 240 valence electrons. The zero-order valence-corrected chi connectivity index (χ0v) is 26.3. The van der Waals surface area contributed by atoms with Gasteiger partial charge in [0.05, 0.1) is 42.7 Å². The number of ether oxygens (including phenoxy) is 3. The third-order valence-corrected chi connectivity index (χ3v) is 12.0. The van der Waals surface area contributed by atoms with Crippen LogP contribution in [0, 0.1) is 23.2 Å². The van der Waals surface area contributed by atoms with Gasteiger partial charge in [0, 0.05) is 18.8 Å². The van der Waals surface area contributed by atoms with Crippen molar-refractivity contribution in [3.63, 3.8) is 0 Å². The maximum Gasteiger partial charge on any atom is 0.377 e. The van der Waals surface area contributed by atoms with E-state index in [0.717, 1.165) is 12.8 Å². The summed E-state index contributed by atoms with van der Waals surface area (Å²) in [7, 11) is -0.0146. The maximum atomic E-state index is 13.3. The Kier molecular flexibility index (Phi) is 9.11. The summed E-state index contributed by atoms with van der Waals surface area (Å²) in [6.45, 7) is 0.484. The van der Waals surface area contributed by atoms with Gasteiger partial charge in [-0.25, -0.2) is 4.79 Å². The van der Waals surface area contributed by atoms with Gasteiger partial charge in [0.2, 0.25) is 0 Å². The fraction of sp³-hybridized carbons (Fsp3) is 0.472. The van der Waals surface area contributed by atoms with E-state index in [-0.39, 0.29) is 49.2 Å². The molecule has 0 aromatic heterocycles. The Bertz CT molecular complexity index is 1310. The van der Waals surface area contributed by atoms with Gasteiger partial charge >= 0.3 is 11.9 Å². The number of hydrogen-bond acceptors (Lipinski definition) is 6. The molecular weight excluding hydrogens is 598 g/mol. The van der Waals surface area contributed by atoms with Crippen molar-refractivity contribution in [1.82, 2.24) is 0 Å². The summed E-state index contributed by atoms with van der Waals surface area (Å²) in [4.78, 5) is 15.9. The largest absolute Gasteiger partial charge is 0.455 e. The highest BCUT2D eigenvalue weighted by Crippen LogP contribution is 2.63. The Morgan fingerprint density at radius 3 is 1.60 bits per heavy atom. The molecule has 1 heterocycles. The number of esters is 1. The van der Waals surface area contributed by atoms with Crippen molar-refractivity contribution in [2.45, 2.75) is 71.0 Å². The molecule has 5 aliphatic rings. The van der Waals surface area contributed by atoms with Gasteiger partial charge in [0.15, 0.2) is 20.5 Å². The predicted molar refractivity (Wildman–Crippen MR) is 166 cm³/mol. The number of halogens is 2. The summed E-state index contributed by atoms with van der Waals surface area (Å²) < 4.78 is 44.3. The first kappa shape index (κ1) is 32.1. The Balaban J connectivity index is 0.000000167. The molecule has 2 N–H and O–H groups in total. The number of benzene rings is 3. The molecule has 4 saturated carbocycles. The first-order valence-corrected chi connectivity index (χ1v) is 16.8. The van der Waals surface area contributed by atoms with Gasteiger partial charge in [-0.05, 0) is 74.4 Å². The summed E-state index contributed by atoms with van der Waals surface area (Å²) in [5.41, 5.74) is -1.66. The van der Waals surface area contributed by atoms with E-state index in [0.29, 0.717) is 32.1 Å². The van der Waals surface area contributed by atoms with E-state index in [9.17, 15) is 23.8 Å².